The molecule has 18 heavy (non-hydrogen) atoms. The Labute approximate surface area is 109 Å². The van der Waals surface area contributed by atoms with Crippen LogP contribution in [0.15, 0.2) is 39.1 Å². The molecular weight excluding hydrogens is 248 g/mol. The maximum Gasteiger partial charge on any atom is 0.343 e. The molecule has 2 aromatic rings. The van der Waals surface area contributed by atoms with Crippen LogP contribution >= 0.6 is 11.8 Å². The number of nitrogens with one attached hydrogen (secondary N) is 1. The molecule has 0 spiro atoms. The van der Waals surface area contributed by atoms with Crippen LogP contribution in [0.3, 0.4) is 0 Å². The Bertz CT molecular complexity index is 588. The van der Waals surface area contributed by atoms with Gasteiger partial charge in [-0.3, -0.25) is 4.57 Å². The molecule has 0 aliphatic rings. The summed E-state index contributed by atoms with van der Waals surface area (Å²) < 4.78 is 1.49. The van der Waals surface area contributed by atoms with Gasteiger partial charge in [-0.1, -0.05) is 18.2 Å². The first-order chi connectivity index (χ1) is 8.58. The minimum absolute atomic E-state index is 0.106. The lowest BCUT2D eigenvalue weighted by molar-refractivity contribution is 0.727. The summed E-state index contributed by atoms with van der Waals surface area (Å²) in [5, 5.41) is 7.07. The van der Waals surface area contributed by atoms with Crippen molar-refractivity contribution in [2.24, 2.45) is 12.8 Å². The van der Waals surface area contributed by atoms with Gasteiger partial charge in [-0.2, -0.15) is 0 Å². The highest BCUT2D eigenvalue weighted by Crippen LogP contribution is 2.28. The van der Waals surface area contributed by atoms with Crippen LogP contribution < -0.4 is 11.4 Å². The van der Waals surface area contributed by atoms with E-state index in [0.717, 1.165) is 11.3 Å². The lowest BCUT2D eigenvalue weighted by atomic mass is 10.1. The van der Waals surface area contributed by atoms with Crippen molar-refractivity contribution in [2.45, 2.75) is 29.4 Å². The number of aromatic nitrogens is 3. The van der Waals surface area contributed by atoms with Crippen LogP contribution in [0.4, 0.5) is 0 Å². The van der Waals surface area contributed by atoms with Crippen LogP contribution in [0, 0.1) is 0 Å². The molecule has 6 heteroatoms. The fraction of sp³-hybridized carbons (Fsp3) is 0.333. The Balaban J connectivity index is 2.29. The average Bonchev–Trinajstić information content (AvgIpc) is 2.63. The van der Waals surface area contributed by atoms with E-state index in [0.29, 0.717) is 5.16 Å². The zero-order chi connectivity index (χ0) is 13.1. The van der Waals surface area contributed by atoms with Crippen LogP contribution in [0.25, 0.3) is 0 Å². The largest absolute Gasteiger partial charge is 0.343 e. The van der Waals surface area contributed by atoms with Gasteiger partial charge in [0, 0.05) is 18.0 Å². The molecule has 96 valence electrons. The first-order valence-corrected chi connectivity index (χ1v) is 6.52. The molecular formula is C12H16N4OS. The van der Waals surface area contributed by atoms with E-state index in [1.54, 1.807) is 7.05 Å². The number of aromatic amines is 1. The fourth-order valence-electron chi connectivity index (χ4n) is 1.64. The second-order valence-corrected chi connectivity index (χ2v) is 5.27. The van der Waals surface area contributed by atoms with Crippen molar-refractivity contribution in [3.63, 3.8) is 0 Å². The number of H-pyrrole nitrogens is 1. The second-order valence-electron chi connectivity index (χ2n) is 4.26. The highest BCUT2D eigenvalue weighted by molar-refractivity contribution is 7.99. The number of nitrogens with two attached hydrogens (primary N) is 1. The van der Waals surface area contributed by atoms with Gasteiger partial charge >= 0.3 is 5.69 Å². The summed E-state index contributed by atoms with van der Waals surface area (Å²) in [6, 6.07) is 8.14. The zero-order valence-electron chi connectivity index (χ0n) is 10.4. The molecule has 0 aliphatic heterocycles. The Morgan fingerprint density at radius 1 is 1.50 bits per heavy atom. The highest BCUT2D eigenvalue weighted by atomic mass is 32.2. The van der Waals surface area contributed by atoms with Crippen molar-refractivity contribution in [1.82, 2.24) is 14.8 Å². The molecule has 1 aromatic carbocycles. The predicted molar refractivity (Wildman–Crippen MR) is 71.7 cm³/mol. The van der Waals surface area contributed by atoms with Gasteiger partial charge < -0.3 is 5.73 Å². The predicted octanol–water partition coefficient (Wildman–Crippen LogP) is 1.15. The smallest absolute Gasteiger partial charge is 0.328 e. The molecule has 1 aromatic heterocycles. The molecule has 3 N–H and O–H groups in total. The molecule has 2 rings (SSSR count). The summed E-state index contributed by atoms with van der Waals surface area (Å²) in [6.45, 7) is 1.98. The molecule has 0 saturated heterocycles. The van der Waals surface area contributed by atoms with Gasteiger partial charge in [0.25, 0.3) is 0 Å². The van der Waals surface area contributed by atoms with E-state index < -0.39 is 0 Å². The summed E-state index contributed by atoms with van der Waals surface area (Å²) in [5.41, 5.74) is 6.80. The Hall–Kier alpha value is -1.53. The topological polar surface area (TPSA) is 76.7 Å². The summed E-state index contributed by atoms with van der Waals surface area (Å²) in [4.78, 5) is 12.4. The third kappa shape index (κ3) is 2.83. The number of hydrogen-bond acceptors (Lipinski definition) is 4. The van der Waals surface area contributed by atoms with E-state index >= 15 is 0 Å². The summed E-state index contributed by atoms with van der Waals surface area (Å²) in [7, 11) is 1.70. The van der Waals surface area contributed by atoms with Crippen molar-refractivity contribution in [3.8, 4) is 0 Å². The first-order valence-electron chi connectivity index (χ1n) is 5.70. The third-order valence-corrected chi connectivity index (χ3v) is 3.72. The van der Waals surface area contributed by atoms with Crippen molar-refractivity contribution in [2.75, 3.05) is 0 Å². The fourth-order valence-corrected chi connectivity index (χ4v) is 2.58. The van der Waals surface area contributed by atoms with Crippen LogP contribution in [-0.2, 0) is 13.5 Å². The molecule has 1 unspecified atom stereocenters. The summed E-state index contributed by atoms with van der Waals surface area (Å²) in [5.74, 6) is 0. The first kappa shape index (κ1) is 12.9. The number of benzene rings is 1. The van der Waals surface area contributed by atoms with Crippen molar-refractivity contribution >= 4 is 11.8 Å². The Kier molecular flexibility index (Phi) is 3.88. The number of hydrogen-bond donors (Lipinski definition) is 2. The van der Waals surface area contributed by atoms with Gasteiger partial charge in [0.15, 0.2) is 5.16 Å². The van der Waals surface area contributed by atoms with Gasteiger partial charge in [-0.25, -0.2) is 9.89 Å². The monoisotopic (exact) mass is 264 g/mol. The van der Waals surface area contributed by atoms with Gasteiger partial charge in [0.1, 0.15) is 0 Å². The molecule has 0 radical (unpaired) electrons. The maximum atomic E-state index is 11.3. The minimum Gasteiger partial charge on any atom is -0.328 e. The van der Waals surface area contributed by atoms with Crippen LogP contribution in [0.2, 0.25) is 0 Å². The van der Waals surface area contributed by atoms with Gasteiger partial charge in [0.05, 0.1) is 0 Å². The lowest BCUT2D eigenvalue weighted by Crippen LogP contribution is -2.18. The van der Waals surface area contributed by atoms with Gasteiger partial charge in [-0.15, -0.1) is 5.10 Å². The van der Waals surface area contributed by atoms with E-state index in [2.05, 4.69) is 16.3 Å². The van der Waals surface area contributed by atoms with E-state index in [4.69, 9.17) is 5.73 Å². The Morgan fingerprint density at radius 3 is 2.83 bits per heavy atom. The molecule has 1 atom stereocenters. The van der Waals surface area contributed by atoms with Crippen LogP contribution in [0.1, 0.15) is 12.5 Å². The molecule has 5 nitrogen and oxygen atoms in total. The summed E-state index contributed by atoms with van der Waals surface area (Å²) >= 11 is 1.47. The van der Waals surface area contributed by atoms with Crippen LogP contribution in [-0.4, -0.2) is 20.8 Å². The lowest BCUT2D eigenvalue weighted by Gasteiger charge is -2.10. The van der Waals surface area contributed by atoms with Crippen LogP contribution in [0.5, 0.6) is 0 Å². The van der Waals surface area contributed by atoms with Crippen molar-refractivity contribution in [3.05, 3.63) is 40.3 Å². The van der Waals surface area contributed by atoms with E-state index in [-0.39, 0.29) is 11.7 Å². The second kappa shape index (κ2) is 5.41. The minimum atomic E-state index is -0.206. The Morgan fingerprint density at radius 2 is 2.22 bits per heavy atom. The standard InChI is InChI=1S/C12H16N4OS/c1-8(13)7-9-5-3-4-6-10(9)18-12-15-14-11(17)16(12)2/h3-6,8H,7,13H2,1-2H3,(H,14,17). The quantitative estimate of drug-likeness (QED) is 0.868. The number of nitrogens with zero attached hydrogens (tertiary/aromatic N) is 2. The van der Waals surface area contributed by atoms with E-state index in [9.17, 15) is 4.79 Å². The molecule has 0 saturated carbocycles. The molecule has 0 fully saturated rings. The van der Waals surface area contributed by atoms with Gasteiger partial charge in [0.2, 0.25) is 0 Å². The third-order valence-electron chi connectivity index (χ3n) is 2.55. The van der Waals surface area contributed by atoms with E-state index in [1.807, 2.05) is 25.1 Å². The highest BCUT2D eigenvalue weighted by Gasteiger charge is 2.10. The van der Waals surface area contributed by atoms with E-state index in [1.165, 1.54) is 21.9 Å². The van der Waals surface area contributed by atoms with Crippen molar-refractivity contribution in [1.29, 1.82) is 0 Å². The van der Waals surface area contributed by atoms with Crippen molar-refractivity contribution < 1.29 is 0 Å². The molecule has 0 aliphatic carbocycles. The maximum absolute atomic E-state index is 11.3. The zero-order valence-corrected chi connectivity index (χ0v) is 11.2. The average molecular weight is 264 g/mol. The summed E-state index contributed by atoms with van der Waals surface area (Å²) in [6.07, 6.45) is 0.807. The molecule has 1 heterocycles. The van der Waals surface area contributed by atoms with Gasteiger partial charge in [-0.05, 0) is 36.7 Å². The normalized spacial score (nSPS) is 12.6. The molecule has 0 bridgehead atoms. The molecule has 0 amide bonds. The number of rotatable bonds is 4. The SMILES string of the molecule is CC(N)Cc1ccccc1Sc1n[nH]c(=O)n1C.